The van der Waals surface area contributed by atoms with Crippen LogP contribution >= 0.6 is 11.6 Å². The summed E-state index contributed by atoms with van der Waals surface area (Å²) >= 11 is 6.05. The molecule has 0 amide bonds. The minimum absolute atomic E-state index is 0.716. The van der Waals surface area contributed by atoms with Crippen molar-refractivity contribution in [3.63, 3.8) is 0 Å². The Balaban J connectivity index is 2.54. The molecule has 0 spiro atoms. The SMILES string of the molecule is CCCC(C)CNc1cccc(Cl)c1C. The van der Waals surface area contributed by atoms with Crippen molar-refractivity contribution in [3.8, 4) is 0 Å². The van der Waals surface area contributed by atoms with Gasteiger partial charge in [-0.25, -0.2) is 0 Å². The molecule has 1 atom stereocenters. The van der Waals surface area contributed by atoms with E-state index in [4.69, 9.17) is 11.6 Å². The molecular weight excluding hydrogens is 206 g/mol. The summed E-state index contributed by atoms with van der Waals surface area (Å²) in [5.41, 5.74) is 2.30. The van der Waals surface area contributed by atoms with Crippen LogP contribution in [0.3, 0.4) is 0 Å². The summed E-state index contributed by atoms with van der Waals surface area (Å²) in [6.45, 7) is 7.57. The van der Waals surface area contributed by atoms with E-state index in [9.17, 15) is 0 Å². The molecule has 1 N–H and O–H groups in total. The van der Waals surface area contributed by atoms with Crippen LogP contribution in [-0.4, -0.2) is 6.54 Å². The number of nitrogens with one attached hydrogen (secondary N) is 1. The van der Waals surface area contributed by atoms with E-state index < -0.39 is 0 Å². The molecule has 2 heteroatoms. The van der Waals surface area contributed by atoms with Gasteiger partial charge in [0.25, 0.3) is 0 Å². The minimum Gasteiger partial charge on any atom is -0.385 e. The van der Waals surface area contributed by atoms with Gasteiger partial charge in [0.15, 0.2) is 0 Å². The lowest BCUT2D eigenvalue weighted by Crippen LogP contribution is -2.11. The van der Waals surface area contributed by atoms with Crippen LogP contribution in [0.1, 0.15) is 32.3 Å². The van der Waals surface area contributed by atoms with Crippen molar-refractivity contribution in [1.82, 2.24) is 0 Å². The summed E-state index contributed by atoms with van der Waals surface area (Å²) in [5.74, 6) is 0.716. The smallest absolute Gasteiger partial charge is 0.0455 e. The number of halogens is 1. The average molecular weight is 226 g/mol. The highest BCUT2D eigenvalue weighted by molar-refractivity contribution is 6.31. The molecule has 0 fully saturated rings. The van der Waals surface area contributed by atoms with E-state index in [0.717, 1.165) is 22.8 Å². The second-order valence-corrected chi connectivity index (χ2v) is 4.59. The Morgan fingerprint density at radius 1 is 1.40 bits per heavy atom. The summed E-state index contributed by atoms with van der Waals surface area (Å²) in [5, 5.41) is 4.29. The molecule has 84 valence electrons. The zero-order valence-corrected chi connectivity index (χ0v) is 10.6. The van der Waals surface area contributed by atoms with Crippen LogP contribution in [0.15, 0.2) is 18.2 Å². The molecule has 0 saturated carbocycles. The van der Waals surface area contributed by atoms with E-state index in [1.807, 2.05) is 12.1 Å². The summed E-state index contributed by atoms with van der Waals surface area (Å²) in [6.07, 6.45) is 2.52. The number of benzene rings is 1. The molecule has 0 saturated heterocycles. The Labute approximate surface area is 97.8 Å². The maximum atomic E-state index is 6.05. The van der Waals surface area contributed by atoms with E-state index in [0.29, 0.717) is 5.92 Å². The number of hydrogen-bond donors (Lipinski definition) is 1. The summed E-state index contributed by atoms with van der Waals surface area (Å²) < 4.78 is 0. The van der Waals surface area contributed by atoms with Crippen LogP contribution in [0.4, 0.5) is 5.69 Å². The number of anilines is 1. The molecule has 1 rings (SSSR count). The van der Waals surface area contributed by atoms with Crippen LogP contribution in [0.2, 0.25) is 5.02 Å². The third-order valence-electron chi connectivity index (χ3n) is 2.69. The molecule has 1 nitrogen and oxygen atoms in total. The summed E-state index contributed by atoms with van der Waals surface area (Å²) in [6, 6.07) is 6.00. The van der Waals surface area contributed by atoms with Gasteiger partial charge in [-0.2, -0.15) is 0 Å². The van der Waals surface area contributed by atoms with E-state index in [1.54, 1.807) is 0 Å². The molecule has 0 bridgehead atoms. The predicted octanol–water partition coefficient (Wildman–Crippen LogP) is 4.50. The van der Waals surface area contributed by atoms with Crippen molar-refractivity contribution in [2.45, 2.75) is 33.6 Å². The van der Waals surface area contributed by atoms with Gasteiger partial charge in [-0.05, 0) is 37.0 Å². The largest absolute Gasteiger partial charge is 0.385 e. The predicted molar refractivity (Wildman–Crippen MR) is 68.8 cm³/mol. The van der Waals surface area contributed by atoms with Gasteiger partial charge in [0.2, 0.25) is 0 Å². The zero-order valence-electron chi connectivity index (χ0n) is 9.81. The quantitative estimate of drug-likeness (QED) is 0.778. The Bertz CT molecular complexity index is 309. The molecule has 15 heavy (non-hydrogen) atoms. The second kappa shape index (κ2) is 6.02. The Hall–Kier alpha value is -0.690. The topological polar surface area (TPSA) is 12.0 Å². The fourth-order valence-corrected chi connectivity index (χ4v) is 1.85. The molecule has 0 aliphatic rings. The molecule has 1 unspecified atom stereocenters. The molecule has 0 radical (unpaired) electrons. The normalized spacial score (nSPS) is 12.5. The zero-order chi connectivity index (χ0) is 11.3. The van der Waals surface area contributed by atoms with Crippen molar-refractivity contribution < 1.29 is 0 Å². The second-order valence-electron chi connectivity index (χ2n) is 4.19. The minimum atomic E-state index is 0.716. The van der Waals surface area contributed by atoms with Gasteiger partial charge >= 0.3 is 0 Å². The van der Waals surface area contributed by atoms with E-state index >= 15 is 0 Å². The van der Waals surface area contributed by atoms with E-state index in [2.05, 4.69) is 32.2 Å². The van der Waals surface area contributed by atoms with Crippen molar-refractivity contribution in [3.05, 3.63) is 28.8 Å². The van der Waals surface area contributed by atoms with Crippen LogP contribution in [0.25, 0.3) is 0 Å². The highest BCUT2D eigenvalue weighted by Crippen LogP contribution is 2.23. The van der Waals surface area contributed by atoms with Gasteiger partial charge in [-0.15, -0.1) is 0 Å². The van der Waals surface area contributed by atoms with Gasteiger partial charge in [-0.3, -0.25) is 0 Å². The Kier molecular flexibility index (Phi) is 4.97. The first-order valence-corrected chi connectivity index (χ1v) is 6.02. The third kappa shape index (κ3) is 3.75. The van der Waals surface area contributed by atoms with Gasteiger partial charge < -0.3 is 5.32 Å². The van der Waals surface area contributed by atoms with Crippen molar-refractivity contribution in [2.75, 3.05) is 11.9 Å². The first kappa shape index (κ1) is 12.4. The fraction of sp³-hybridized carbons (Fsp3) is 0.538. The lowest BCUT2D eigenvalue weighted by molar-refractivity contribution is 0.550. The molecule has 1 aromatic carbocycles. The molecule has 0 aromatic heterocycles. The molecule has 1 aromatic rings. The first-order chi connectivity index (χ1) is 7.15. The van der Waals surface area contributed by atoms with Crippen LogP contribution in [0, 0.1) is 12.8 Å². The van der Waals surface area contributed by atoms with E-state index in [-0.39, 0.29) is 0 Å². The fourth-order valence-electron chi connectivity index (χ4n) is 1.68. The molecule has 0 aliphatic carbocycles. The summed E-state index contributed by atoms with van der Waals surface area (Å²) in [4.78, 5) is 0. The maximum absolute atomic E-state index is 6.05. The van der Waals surface area contributed by atoms with Crippen LogP contribution < -0.4 is 5.32 Å². The summed E-state index contributed by atoms with van der Waals surface area (Å²) in [7, 11) is 0. The van der Waals surface area contributed by atoms with Gasteiger partial charge in [-0.1, -0.05) is 37.9 Å². The van der Waals surface area contributed by atoms with Gasteiger partial charge in [0, 0.05) is 17.3 Å². The van der Waals surface area contributed by atoms with Crippen molar-refractivity contribution in [2.24, 2.45) is 5.92 Å². The maximum Gasteiger partial charge on any atom is 0.0455 e. The number of hydrogen-bond acceptors (Lipinski definition) is 1. The standard InChI is InChI=1S/C13H20ClN/c1-4-6-10(2)9-15-13-8-5-7-12(14)11(13)3/h5,7-8,10,15H,4,6,9H2,1-3H3. The highest BCUT2D eigenvalue weighted by Gasteiger charge is 2.03. The lowest BCUT2D eigenvalue weighted by Gasteiger charge is -2.14. The van der Waals surface area contributed by atoms with Gasteiger partial charge in [0.05, 0.1) is 0 Å². The first-order valence-electron chi connectivity index (χ1n) is 5.64. The lowest BCUT2D eigenvalue weighted by atomic mass is 10.1. The average Bonchev–Trinajstić information content (AvgIpc) is 2.21. The monoisotopic (exact) mass is 225 g/mol. The van der Waals surface area contributed by atoms with Crippen molar-refractivity contribution in [1.29, 1.82) is 0 Å². The third-order valence-corrected chi connectivity index (χ3v) is 3.10. The van der Waals surface area contributed by atoms with Crippen molar-refractivity contribution >= 4 is 17.3 Å². The van der Waals surface area contributed by atoms with Gasteiger partial charge in [0.1, 0.15) is 0 Å². The van der Waals surface area contributed by atoms with Crippen LogP contribution in [-0.2, 0) is 0 Å². The molecule has 0 aliphatic heterocycles. The Morgan fingerprint density at radius 3 is 2.80 bits per heavy atom. The van der Waals surface area contributed by atoms with Crippen LogP contribution in [0.5, 0.6) is 0 Å². The molecule has 0 heterocycles. The number of rotatable bonds is 5. The Morgan fingerprint density at radius 2 is 2.13 bits per heavy atom. The highest BCUT2D eigenvalue weighted by atomic mass is 35.5. The molecular formula is C13H20ClN. The van der Waals surface area contributed by atoms with E-state index in [1.165, 1.54) is 12.8 Å².